The fourth-order valence-electron chi connectivity index (χ4n) is 2.75. The SMILES string of the molecule is CCN(CC)S(=O)(=O)c1ccc(/C=C/C(=O)OCC(=O)Nc2ccccc2OC)cc1. The van der Waals surface area contributed by atoms with Gasteiger partial charge in [-0.2, -0.15) is 4.31 Å². The smallest absolute Gasteiger partial charge is 0.331 e. The summed E-state index contributed by atoms with van der Waals surface area (Å²) in [4.78, 5) is 24.0. The second-order valence-corrected chi connectivity index (χ2v) is 8.29. The molecule has 1 amide bonds. The van der Waals surface area contributed by atoms with Crippen molar-refractivity contribution in [2.75, 3.05) is 32.1 Å². The van der Waals surface area contributed by atoms with Crippen LogP contribution >= 0.6 is 0 Å². The molecule has 0 fully saturated rings. The zero-order valence-electron chi connectivity index (χ0n) is 17.7. The minimum absolute atomic E-state index is 0.184. The summed E-state index contributed by atoms with van der Waals surface area (Å²) in [6.07, 6.45) is 2.65. The van der Waals surface area contributed by atoms with Crippen LogP contribution in [0, 0.1) is 0 Å². The molecule has 0 saturated carbocycles. The molecule has 0 heterocycles. The highest BCUT2D eigenvalue weighted by molar-refractivity contribution is 7.89. The summed E-state index contributed by atoms with van der Waals surface area (Å²) in [7, 11) is -2.05. The fourth-order valence-corrected chi connectivity index (χ4v) is 4.20. The van der Waals surface area contributed by atoms with Crippen LogP contribution in [0.25, 0.3) is 6.08 Å². The maximum Gasteiger partial charge on any atom is 0.331 e. The predicted octanol–water partition coefficient (Wildman–Crippen LogP) is 2.92. The lowest BCUT2D eigenvalue weighted by Gasteiger charge is -2.18. The third-order valence-corrected chi connectivity index (χ3v) is 6.43. The zero-order valence-corrected chi connectivity index (χ0v) is 18.5. The molecule has 0 aliphatic heterocycles. The summed E-state index contributed by atoms with van der Waals surface area (Å²) in [5.74, 6) is -0.708. The maximum atomic E-state index is 12.5. The lowest BCUT2D eigenvalue weighted by atomic mass is 10.2. The summed E-state index contributed by atoms with van der Waals surface area (Å²) < 4.78 is 36.4. The van der Waals surface area contributed by atoms with Gasteiger partial charge in [0, 0.05) is 19.2 Å². The number of hydrogen-bond acceptors (Lipinski definition) is 6. The van der Waals surface area contributed by atoms with E-state index in [9.17, 15) is 18.0 Å². The van der Waals surface area contributed by atoms with Gasteiger partial charge in [0.15, 0.2) is 6.61 Å². The molecule has 31 heavy (non-hydrogen) atoms. The first-order valence-corrected chi connectivity index (χ1v) is 11.1. The number of anilines is 1. The number of nitrogens with zero attached hydrogens (tertiary/aromatic N) is 1. The highest BCUT2D eigenvalue weighted by Crippen LogP contribution is 2.22. The molecule has 0 unspecified atom stereocenters. The molecule has 1 N–H and O–H groups in total. The molecular weight excluding hydrogens is 420 g/mol. The van der Waals surface area contributed by atoms with Crippen LogP contribution in [0.2, 0.25) is 0 Å². The summed E-state index contributed by atoms with van der Waals surface area (Å²) in [6.45, 7) is 3.87. The van der Waals surface area contributed by atoms with Gasteiger partial charge in [-0.15, -0.1) is 0 Å². The summed E-state index contributed by atoms with van der Waals surface area (Å²) in [5, 5.41) is 2.60. The normalized spacial score (nSPS) is 11.5. The number of amides is 1. The van der Waals surface area contributed by atoms with Crippen LogP contribution in [0.15, 0.2) is 59.5 Å². The predicted molar refractivity (Wildman–Crippen MR) is 118 cm³/mol. The number of para-hydroxylation sites is 2. The van der Waals surface area contributed by atoms with E-state index in [1.165, 1.54) is 35.7 Å². The molecule has 2 aromatic rings. The molecule has 0 aromatic heterocycles. The number of ether oxygens (including phenoxy) is 2. The van der Waals surface area contributed by atoms with Crippen LogP contribution in [0.4, 0.5) is 5.69 Å². The molecule has 8 nitrogen and oxygen atoms in total. The van der Waals surface area contributed by atoms with Gasteiger partial charge in [-0.1, -0.05) is 38.1 Å². The van der Waals surface area contributed by atoms with Crippen LogP contribution in [-0.2, 0) is 24.3 Å². The Labute approximate surface area is 182 Å². The van der Waals surface area contributed by atoms with E-state index in [0.29, 0.717) is 30.1 Å². The molecule has 0 radical (unpaired) electrons. The molecule has 0 aliphatic rings. The molecule has 0 atom stereocenters. The molecule has 2 rings (SSSR count). The zero-order chi connectivity index (χ0) is 22.9. The van der Waals surface area contributed by atoms with Gasteiger partial charge in [0.1, 0.15) is 5.75 Å². The third kappa shape index (κ3) is 6.66. The van der Waals surface area contributed by atoms with Crippen LogP contribution < -0.4 is 10.1 Å². The second kappa shape index (κ2) is 11.3. The Morgan fingerprint density at radius 2 is 1.68 bits per heavy atom. The minimum atomic E-state index is -3.53. The van der Waals surface area contributed by atoms with Gasteiger partial charge in [-0.3, -0.25) is 4.79 Å². The summed E-state index contributed by atoms with van der Waals surface area (Å²) in [6, 6.07) is 13.0. The Bertz CT molecular complexity index is 1030. The Morgan fingerprint density at radius 3 is 2.29 bits per heavy atom. The van der Waals surface area contributed by atoms with Gasteiger partial charge in [-0.25, -0.2) is 13.2 Å². The van der Waals surface area contributed by atoms with E-state index in [1.807, 2.05) is 0 Å². The van der Waals surface area contributed by atoms with E-state index >= 15 is 0 Å². The number of esters is 1. The quantitative estimate of drug-likeness (QED) is 0.445. The van der Waals surface area contributed by atoms with Crippen molar-refractivity contribution in [3.63, 3.8) is 0 Å². The van der Waals surface area contributed by atoms with Gasteiger partial charge in [0.2, 0.25) is 10.0 Å². The fraction of sp³-hybridized carbons (Fsp3) is 0.273. The monoisotopic (exact) mass is 446 g/mol. The Balaban J connectivity index is 1.91. The van der Waals surface area contributed by atoms with Gasteiger partial charge >= 0.3 is 5.97 Å². The maximum absolute atomic E-state index is 12.5. The van der Waals surface area contributed by atoms with E-state index in [2.05, 4.69) is 5.32 Å². The van der Waals surface area contributed by atoms with Crippen LogP contribution in [0.5, 0.6) is 5.75 Å². The van der Waals surface area contributed by atoms with Crippen molar-refractivity contribution in [2.45, 2.75) is 18.7 Å². The number of carbonyl (C=O) groups is 2. The van der Waals surface area contributed by atoms with E-state index in [4.69, 9.17) is 9.47 Å². The molecular formula is C22H26N2O6S. The molecule has 0 bridgehead atoms. The highest BCUT2D eigenvalue weighted by Gasteiger charge is 2.20. The minimum Gasteiger partial charge on any atom is -0.495 e. The van der Waals surface area contributed by atoms with Crippen LogP contribution in [0.1, 0.15) is 19.4 Å². The molecule has 9 heteroatoms. The first-order chi connectivity index (χ1) is 14.8. The Morgan fingerprint density at radius 1 is 1.03 bits per heavy atom. The van der Waals surface area contributed by atoms with Crippen LogP contribution in [-0.4, -0.2) is 51.4 Å². The lowest BCUT2D eigenvalue weighted by molar-refractivity contribution is -0.142. The van der Waals surface area contributed by atoms with Crippen LogP contribution in [0.3, 0.4) is 0 Å². The molecule has 0 saturated heterocycles. The van der Waals surface area contributed by atoms with Crippen molar-refractivity contribution < 1.29 is 27.5 Å². The third-order valence-electron chi connectivity index (χ3n) is 4.36. The molecule has 166 valence electrons. The number of rotatable bonds is 10. The number of nitrogens with one attached hydrogen (secondary N) is 1. The first-order valence-electron chi connectivity index (χ1n) is 9.69. The summed E-state index contributed by atoms with van der Waals surface area (Å²) >= 11 is 0. The number of sulfonamides is 1. The van der Waals surface area contributed by atoms with Gasteiger partial charge in [-0.05, 0) is 35.9 Å². The second-order valence-electron chi connectivity index (χ2n) is 6.35. The first kappa shape index (κ1) is 24.1. The van der Waals surface area contributed by atoms with Crippen molar-refractivity contribution in [1.29, 1.82) is 0 Å². The number of hydrogen-bond donors (Lipinski definition) is 1. The lowest BCUT2D eigenvalue weighted by Crippen LogP contribution is -2.30. The largest absolute Gasteiger partial charge is 0.495 e. The molecule has 2 aromatic carbocycles. The van der Waals surface area contributed by atoms with Crippen molar-refractivity contribution >= 4 is 33.7 Å². The van der Waals surface area contributed by atoms with Gasteiger partial charge in [0.05, 0.1) is 17.7 Å². The molecule has 0 aliphatic carbocycles. The van der Waals surface area contributed by atoms with E-state index in [-0.39, 0.29) is 4.90 Å². The average Bonchev–Trinajstić information content (AvgIpc) is 2.77. The highest BCUT2D eigenvalue weighted by atomic mass is 32.2. The van der Waals surface area contributed by atoms with Crippen molar-refractivity contribution in [2.24, 2.45) is 0 Å². The van der Waals surface area contributed by atoms with Gasteiger partial charge < -0.3 is 14.8 Å². The number of methoxy groups -OCH3 is 1. The van der Waals surface area contributed by atoms with E-state index in [1.54, 1.807) is 50.2 Å². The van der Waals surface area contributed by atoms with E-state index < -0.39 is 28.5 Å². The Kier molecular flexibility index (Phi) is 8.77. The standard InChI is InChI=1S/C22H26N2O6S/c1-4-24(5-2)31(27,28)18-13-10-17(11-14-18)12-15-22(26)30-16-21(25)23-19-8-6-7-9-20(19)29-3/h6-15H,4-5,16H2,1-3H3,(H,23,25)/b15-12+. The topological polar surface area (TPSA) is 102 Å². The van der Waals surface area contributed by atoms with E-state index in [0.717, 1.165) is 0 Å². The average molecular weight is 447 g/mol. The van der Waals surface area contributed by atoms with Gasteiger partial charge in [0.25, 0.3) is 5.91 Å². The number of benzene rings is 2. The Hall–Kier alpha value is -3.17. The van der Waals surface area contributed by atoms with Crippen molar-refractivity contribution in [1.82, 2.24) is 4.31 Å². The van der Waals surface area contributed by atoms with Crippen molar-refractivity contribution in [3.05, 3.63) is 60.2 Å². The van der Waals surface area contributed by atoms with Crippen molar-refractivity contribution in [3.8, 4) is 5.75 Å². The molecule has 0 spiro atoms. The number of carbonyl (C=O) groups excluding carboxylic acids is 2. The summed E-state index contributed by atoms with van der Waals surface area (Å²) in [5.41, 5.74) is 1.09.